The molecule has 0 saturated carbocycles. The van der Waals surface area contributed by atoms with Gasteiger partial charge in [-0.05, 0) is 23.5 Å². The lowest BCUT2D eigenvalue weighted by molar-refractivity contribution is 0.211. The van der Waals surface area contributed by atoms with Crippen LogP contribution in [0.4, 0.5) is 0 Å². The lowest BCUT2D eigenvalue weighted by atomic mass is 9.79. The molecule has 84 valence electrons. The van der Waals surface area contributed by atoms with Crippen LogP contribution in [0.25, 0.3) is 0 Å². The largest absolute Gasteiger partial charge is 0.379 e. The first-order valence-electron chi connectivity index (χ1n) is 5.45. The second kappa shape index (κ2) is 4.16. The normalized spacial score (nSPS) is 24.2. The molecule has 16 heavy (non-hydrogen) atoms. The van der Waals surface area contributed by atoms with Gasteiger partial charge in [-0.15, -0.1) is 18.2 Å². The minimum Gasteiger partial charge on any atom is -0.379 e. The van der Waals surface area contributed by atoms with Gasteiger partial charge in [-0.3, -0.25) is 0 Å². The van der Waals surface area contributed by atoms with Crippen LogP contribution in [0.1, 0.15) is 25.8 Å². The summed E-state index contributed by atoms with van der Waals surface area (Å²) in [6.45, 7) is 4.42. The van der Waals surface area contributed by atoms with Crippen LogP contribution in [0.15, 0.2) is 29.2 Å². The van der Waals surface area contributed by atoms with E-state index in [0.29, 0.717) is 0 Å². The Morgan fingerprint density at radius 1 is 1.50 bits per heavy atom. The van der Waals surface area contributed by atoms with E-state index in [1.54, 1.807) is 11.8 Å². The third-order valence-corrected chi connectivity index (χ3v) is 4.47. The van der Waals surface area contributed by atoms with Crippen LogP contribution in [-0.4, -0.2) is 16.5 Å². The zero-order valence-corrected chi connectivity index (χ0v) is 10.4. The molecule has 1 heterocycles. The highest BCUT2D eigenvalue weighted by molar-refractivity contribution is 8.00. The fourth-order valence-corrected chi connectivity index (χ4v) is 3.89. The highest BCUT2D eigenvalue weighted by Crippen LogP contribution is 2.46. The van der Waals surface area contributed by atoms with Crippen LogP contribution >= 0.6 is 11.8 Å². The molecule has 0 spiro atoms. The molecule has 2 heteroatoms. The Kier molecular flexibility index (Phi) is 3.01. The summed E-state index contributed by atoms with van der Waals surface area (Å²) in [5.74, 6) is 2.44. The van der Waals surface area contributed by atoms with Gasteiger partial charge in [0.25, 0.3) is 0 Å². The SMILES string of the molecule is C#CC(O)C1CC(C)(C)c2ccccc2S1. The first kappa shape index (κ1) is 11.6. The third kappa shape index (κ3) is 1.98. The highest BCUT2D eigenvalue weighted by atomic mass is 32.2. The lowest BCUT2D eigenvalue weighted by Crippen LogP contribution is -2.34. The van der Waals surface area contributed by atoms with Crippen LogP contribution < -0.4 is 0 Å². The number of thioether (sulfide) groups is 1. The maximum Gasteiger partial charge on any atom is 0.126 e. The van der Waals surface area contributed by atoms with E-state index in [4.69, 9.17) is 6.42 Å². The van der Waals surface area contributed by atoms with Gasteiger partial charge in [0.05, 0.1) is 0 Å². The second-order valence-corrected chi connectivity index (χ2v) is 6.13. The van der Waals surface area contributed by atoms with Crippen LogP contribution in [0.5, 0.6) is 0 Å². The van der Waals surface area contributed by atoms with Gasteiger partial charge >= 0.3 is 0 Å². The summed E-state index contributed by atoms with van der Waals surface area (Å²) in [6, 6.07) is 8.38. The number of rotatable bonds is 1. The Labute approximate surface area is 101 Å². The van der Waals surface area contributed by atoms with Crippen LogP contribution in [0.3, 0.4) is 0 Å². The predicted octanol–water partition coefficient (Wildman–Crippen LogP) is 2.82. The zero-order chi connectivity index (χ0) is 11.8. The first-order valence-corrected chi connectivity index (χ1v) is 6.33. The van der Waals surface area contributed by atoms with Crippen molar-refractivity contribution in [2.24, 2.45) is 0 Å². The molecule has 1 aliphatic rings. The third-order valence-electron chi connectivity index (χ3n) is 3.13. The molecule has 0 amide bonds. The van der Waals surface area contributed by atoms with Gasteiger partial charge in [0, 0.05) is 10.1 Å². The van der Waals surface area contributed by atoms with E-state index in [0.717, 1.165) is 6.42 Å². The average Bonchev–Trinajstić information content (AvgIpc) is 2.27. The Balaban J connectivity index is 2.38. The molecule has 1 aromatic carbocycles. The summed E-state index contributed by atoms with van der Waals surface area (Å²) < 4.78 is 0. The topological polar surface area (TPSA) is 20.2 Å². The summed E-state index contributed by atoms with van der Waals surface area (Å²) in [6.07, 6.45) is 5.56. The van der Waals surface area contributed by atoms with E-state index in [1.165, 1.54) is 10.5 Å². The van der Waals surface area contributed by atoms with Gasteiger partial charge in [-0.25, -0.2) is 0 Å². The quantitative estimate of drug-likeness (QED) is 0.751. The van der Waals surface area contributed by atoms with Crippen molar-refractivity contribution in [3.63, 3.8) is 0 Å². The summed E-state index contributed by atoms with van der Waals surface area (Å²) in [5.41, 5.74) is 1.45. The molecule has 2 unspecified atom stereocenters. The summed E-state index contributed by atoms with van der Waals surface area (Å²) in [7, 11) is 0. The number of aliphatic hydroxyl groups excluding tert-OH is 1. The van der Waals surface area contributed by atoms with E-state index in [-0.39, 0.29) is 10.7 Å². The maximum absolute atomic E-state index is 9.78. The molecule has 0 bridgehead atoms. The van der Waals surface area contributed by atoms with E-state index in [2.05, 4.69) is 38.0 Å². The van der Waals surface area contributed by atoms with Crippen molar-refractivity contribution in [2.45, 2.75) is 41.9 Å². The standard InChI is InChI=1S/C14H16OS/c1-4-11(15)13-9-14(2,3)10-7-5-6-8-12(10)16-13/h1,5-8,11,13,15H,9H2,2-3H3. The molecule has 1 aliphatic heterocycles. The summed E-state index contributed by atoms with van der Waals surface area (Å²) in [4.78, 5) is 1.25. The number of aliphatic hydroxyl groups is 1. The Morgan fingerprint density at radius 2 is 2.19 bits per heavy atom. The molecular formula is C14H16OS. The van der Waals surface area contributed by atoms with Gasteiger partial charge in [0.15, 0.2) is 0 Å². The van der Waals surface area contributed by atoms with Gasteiger partial charge in [-0.2, -0.15) is 0 Å². The van der Waals surface area contributed by atoms with Crippen LogP contribution in [-0.2, 0) is 5.41 Å². The smallest absolute Gasteiger partial charge is 0.126 e. The van der Waals surface area contributed by atoms with Crippen molar-refractivity contribution >= 4 is 11.8 Å². The van der Waals surface area contributed by atoms with Gasteiger partial charge in [0.2, 0.25) is 0 Å². The summed E-state index contributed by atoms with van der Waals surface area (Å²) in [5, 5.41) is 9.89. The fourth-order valence-electron chi connectivity index (χ4n) is 2.23. The molecular weight excluding hydrogens is 216 g/mol. The van der Waals surface area contributed by atoms with Crippen molar-refractivity contribution < 1.29 is 5.11 Å². The zero-order valence-electron chi connectivity index (χ0n) is 9.60. The minimum atomic E-state index is -0.655. The molecule has 1 N–H and O–H groups in total. The van der Waals surface area contributed by atoms with Gasteiger partial charge in [0.1, 0.15) is 6.10 Å². The van der Waals surface area contributed by atoms with Crippen molar-refractivity contribution in [1.29, 1.82) is 0 Å². The number of fused-ring (bicyclic) bond motifs is 1. The Hall–Kier alpha value is -0.910. The average molecular weight is 232 g/mol. The second-order valence-electron chi connectivity index (χ2n) is 4.85. The molecule has 2 atom stereocenters. The van der Waals surface area contributed by atoms with Crippen LogP contribution in [0, 0.1) is 12.3 Å². The molecule has 1 nitrogen and oxygen atoms in total. The minimum absolute atomic E-state index is 0.0876. The molecule has 0 saturated heterocycles. The molecule has 0 radical (unpaired) electrons. The predicted molar refractivity (Wildman–Crippen MR) is 68.6 cm³/mol. The van der Waals surface area contributed by atoms with Crippen LogP contribution in [0.2, 0.25) is 0 Å². The Bertz CT molecular complexity index is 431. The molecule has 1 aromatic rings. The fraction of sp³-hybridized carbons (Fsp3) is 0.429. The highest BCUT2D eigenvalue weighted by Gasteiger charge is 2.35. The van der Waals surface area contributed by atoms with E-state index in [1.807, 2.05) is 6.07 Å². The van der Waals surface area contributed by atoms with Crippen molar-refractivity contribution in [3.05, 3.63) is 29.8 Å². The summed E-state index contributed by atoms with van der Waals surface area (Å²) >= 11 is 1.70. The van der Waals surface area contributed by atoms with Crippen molar-refractivity contribution in [1.82, 2.24) is 0 Å². The molecule has 0 aliphatic carbocycles. The van der Waals surface area contributed by atoms with E-state index >= 15 is 0 Å². The number of hydrogen-bond donors (Lipinski definition) is 1. The first-order chi connectivity index (χ1) is 7.54. The Morgan fingerprint density at radius 3 is 2.88 bits per heavy atom. The van der Waals surface area contributed by atoms with Gasteiger partial charge in [-0.1, -0.05) is 38.0 Å². The molecule has 2 rings (SSSR count). The van der Waals surface area contributed by atoms with E-state index < -0.39 is 6.10 Å². The lowest BCUT2D eigenvalue weighted by Gasteiger charge is -2.37. The monoisotopic (exact) mass is 232 g/mol. The number of terminal acetylenes is 1. The van der Waals surface area contributed by atoms with Crippen molar-refractivity contribution in [2.75, 3.05) is 0 Å². The molecule has 0 aromatic heterocycles. The van der Waals surface area contributed by atoms with Crippen molar-refractivity contribution in [3.8, 4) is 12.3 Å². The van der Waals surface area contributed by atoms with E-state index in [9.17, 15) is 5.11 Å². The number of hydrogen-bond acceptors (Lipinski definition) is 2. The molecule has 0 fully saturated rings. The number of benzene rings is 1. The van der Waals surface area contributed by atoms with Gasteiger partial charge < -0.3 is 5.11 Å². The maximum atomic E-state index is 9.78.